The predicted molar refractivity (Wildman–Crippen MR) is 130 cm³/mol. The van der Waals surface area contributed by atoms with Gasteiger partial charge in [0, 0.05) is 11.3 Å². The van der Waals surface area contributed by atoms with Crippen LogP contribution in [0.3, 0.4) is 0 Å². The molecule has 0 radical (unpaired) electrons. The number of aliphatic hydroxyl groups is 1. The smallest absolute Gasteiger partial charge is 0.300 e. The molecule has 1 fully saturated rings. The minimum atomic E-state index is -0.800. The Kier molecular flexibility index (Phi) is 6.52. The molecular weight excluding hydrogens is 438 g/mol. The highest BCUT2D eigenvalue weighted by Gasteiger charge is 2.47. The number of ether oxygens (including phenoxy) is 1. The summed E-state index contributed by atoms with van der Waals surface area (Å²) in [5, 5.41) is 11.6. The van der Waals surface area contributed by atoms with E-state index in [0.717, 1.165) is 12.0 Å². The lowest BCUT2D eigenvalue weighted by Crippen LogP contribution is -2.29. The highest BCUT2D eigenvalue weighted by Crippen LogP contribution is 2.43. The third-order valence-corrected chi connectivity index (χ3v) is 6.02. The molecule has 3 aromatic carbocycles. The van der Waals surface area contributed by atoms with E-state index in [2.05, 4.69) is 0 Å². The molecule has 0 aromatic heterocycles. The predicted octanol–water partition coefficient (Wildman–Crippen LogP) is 5.93. The van der Waals surface area contributed by atoms with Crippen molar-refractivity contribution in [3.8, 4) is 5.75 Å². The van der Waals surface area contributed by atoms with Gasteiger partial charge in [-0.3, -0.25) is 14.5 Å². The largest absolute Gasteiger partial charge is 0.507 e. The third-order valence-electron chi connectivity index (χ3n) is 5.69. The van der Waals surface area contributed by atoms with Crippen LogP contribution in [-0.4, -0.2) is 23.4 Å². The number of aliphatic hydroxyl groups excluding tert-OH is 1. The first-order valence-electron chi connectivity index (χ1n) is 10.8. The lowest BCUT2D eigenvalue weighted by atomic mass is 9.95. The number of amides is 1. The molecule has 1 saturated heterocycles. The summed E-state index contributed by atoms with van der Waals surface area (Å²) in [6.07, 6.45) is 0.857. The topological polar surface area (TPSA) is 66.8 Å². The van der Waals surface area contributed by atoms with E-state index in [0.29, 0.717) is 23.6 Å². The number of rotatable bonds is 6. The Morgan fingerprint density at radius 1 is 1.00 bits per heavy atom. The molecule has 5 nitrogen and oxygen atoms in total. The molecule has 1 amide bonds. The fraction of sp³-hybridized carbons (Fsp3) is 0.185. The van der Waals surface area contributed by atoms with Crippen molar-refractivity contribution in [2.24, 2.45) is 0 Å². The van der Waals surface area contributed by atoms with Crippen LogP contribution in [0.2, 0.25) is 5.02 Å². The van der Waals surface area contributed by atoms with Crippen molar-refractivity contribution in [3.05, 3.63) is 100 Å². The maximum Gasteiger partial charge on any atom is 0.300 e. The molecule has 1 atom stereocenters. The van der Waals surface area contributed by atoms with Crippen molar-refractivity contribution in [1.82, 2.24) is 0 Å². The lowest BCUT2D eigenvalue weighted by Gasteiger charge is -2.25. The van der Waals surface area contributed by atoms with Crippen molar-refractivity contribution in [1.29, 1.82) is 0 Å². The van der Waals surface area contributed by atoms with Crippen molar-refractivity contribution >= 4 is 34.7 Å². The second-order valence-electron chi connectivity index (χ2n) is 7.67. The number of carbonyl (C=O) groups excluding carboxylic acids is 2. The molecule has 0 spiro atoms. The summed E-state index contributed by atoms with van der Waals surface area (Å²) in [4.78, 5) is 27.9. The number of halogens is 1. The molecule has 1 aliphatic rings. The number of benzene rings is 3. The maximum atomic E-state index is 13.2. The standard InChI is InChI=1S/C27H24ClNO4/c1-3-17-10-12-19(13-11-17)29-24(18-8-6-5-7-9-18)23(26(31)27(29)32)25(30)21-16-20(33-4-2)14-15-22(21)28/h5-16,24,30H,3-4H2,1-2H3/b25-23+. The van der Waals surface area contributed by atoms with Gasteiger partial charge < -0.3 is 9.84 Å². The van der Waals surface area contributed by atoms with E-state index >= 15 is 0 Å². The minimum Gasteiger partial charge on any atom is -0.507 e. The molecule has 4 rings (SSSR count). The van der Waals surface area contributed by atoms with E-state index in [-0.39, 0.29) is 21.9 Å². The van der Waals surface area contributed by atoms with E-state index in [9.17, 15) is 14.7 Å². The second-order valence-corrected chi connectivity index (χ2v) is 8.08. The van der Waals surface area contributed by atoms with Gasteiger partial charge in [0.1, 0.15) is 11.5 Å². The van der Waals surface area contributed by atoms with Crippen LogP contribution in [0.15, 0.2) is 78.4 Å². The number of aryl methyl sites for hydroxylation is 1. The number of ketones is 1. The van der Waals surface area contributed by atoms with Crippen LogP contribution < -0.4 is 9.64 Å². The number of nitrogens with zero attached hydrogens (tertiary/aromatic N) is 1. The zero-order valence-corrected chi connectivity index (χ0v) is 19.2. The molecule has 3 aromatic rings. The fourth-order valence-corrected chi connectivity index (χ4v) is 4.24. The molecule has 1 heterocycles. The fourth-order valence-electron chi connectivity index (χ4n) is 4.03. The second kappa shape index (κ2) is 9.51. The van der Waals surface area contributed by atoms with Crippen molar-refractivity contribution in [2.45, 2.75) is 26.3 Å². The van der Waals surface area contributed by atoms with Crippen molar-refractivity contribution < 1.29 is 19.4 Å². The van der Waals surface area contributed by atoms with Gasteiger partial charge in [0.15, 0.2) is 0 Å². The Labute approximate surface area is 197 Å². The Bertz CT molecular complexity index is 1220. The first kappa shape index (κ1) is 22.6. The summed E-state index contributed by atoms with van der Waals surface area (Å²) in [7, 11) is 0. The molecule has 1 unspecified atom stereocenters. The normalized spacial score (nSPS) is 17.4. The Morgan fingerprint density at radius 2 is 1.70 bits per heavy atom. The molecule has 0 saturated carbocycles. The van der Waals surface area contributed by atoms with E-state index < -0.39 is 17.7 Å². The molecule has 0 bridgehead atoms. The van der Waals surface area contributed by atoms with Crippen LogP contribution >= 0.6 is 11.6 Å². The summed E-state index contributed by atoms with van der Waals surface area (Å²) in [6, 6.07) is 20.7. The Morgan fingerprint density at radius 3 is 2.33 bits per heavy atom. The first-order valence-corrected chi connectivity index (χ1v) is 11.2. The van der Waals surface area contributed by atoms with Gasteiger partial charge in [-0.2, -0.15) is 0 Å². The highest BCUT2D eigenvalue weighted by molar-refractivity contribution is 6.52. The van der Waals surface area contributed by atoms with E-state index in [1.165, 1.54) is 4.90 Å². The molecule has 33 heavy (non-hydrogen) atoms. The number of carbonyl (C=O) groups is 2. The van der Waals surface area contributed by atoms with E-state index in [1.54, 1.807) is 18.2 Å². The zero-order valence-electron chi connectivity index (χ0n) is 18.4. The van der Waals surface area contributed by atoms with Gasteiger partial charge in [-0.25, -0.2) is 0 Å². The quantitative estimate of drug-likeness (QED) is 0.281. The molecule has 0 aliphatic carbocycles. The van der Waals surface area contributed by atoms with Crippen LogP contribution in [0.5, 0.6) is 5.75 Å². The summed E-state index contributed by atoms with van der Waals surface area (Å²) in [6.45, 7) is 4.33. The van der Waals surface area contributed by atoms with Gasteiger partial charge in [0.2, 0.25) is 0 Å². The average molecular weight is 462 g/mol. The number of hydrogen-bond donors (Lipinski definition) is 1. The minimum absolute atomic E-state index is 0.0127. The van der Waals surface area contributed by atoms with Gasteiger partial charge in [-0.1, -0.05) is 61.0 Å². The summed E-state index contributed by atoms with van der Waals surface area (Å²) in [5.74, 6) is -1.30. The van der Waals surface area contributed by atoms with E-state index in [4.69, 9.17) is 16.3 Å². The molecule has 168 valence electrons. The van der Waals surface area contributed by atoms with E-state index in [1.807, 2.05) is 68.4 Å². The molecule has 1 N–H and O–H groups in total. The van der Waals surface area contributed by atoms with Gasteiger partial charge in [0.25, 0.3) is 11.7 Å². The molecule has 1 aliphatic heterocycles. The van der Waals surface area contributed by atoms with Crippen LogP contribution in [0.25, 0.3) is 5.76 Å². The molecule has 6 heteroatoms. The summed E-state index contributed by atoms with van der Waals surface area (Å²) >= 11 is 6.37. The number of Topliss-reactive ketones (excluding diaryl/α,β-unsaturated/α-hetero) is 1. The third kappa shape index (κ3) is 4.24. The number of anilines is 1. The maximum absolute atomic E-state index is 13.2. The number of hydrogen-bond acceptors (Lipinski definition) is 4. The van der Waals surface area contributed by atoms with Crippen LogP contribution in [0.4, 0.5) is 5.69 Å². The average Bonchev–Trinajstić information content (AvgIpc) is 3.11. The summed E-state index contributed by atoms with van der Waals surface area (Å²) < 4.78 is 5.53. The van der Waals surface area contributed by atoms with Crippen LogP contribution in [0.1, 0.15) is 36.6 Å². The molecular formula is C27H24ClNO4. The van der Waals surface area contributed by atoms with Crippen LogP contribution in [-0.2, 0) is 16.0 Å². The Hall–Kier alpha value is -3.57. The Balaban J connectivity index is 1.92. The van der Waals surface area contributed by atoms with Crippen molar-refractivity contribution in [3.63, 3.8) is 0 Å². The van der Waals surface area contributed by atoms with Gasteiger partial charge >= 0.3 is 0 Å². The first-order chi connectivity index (χ1) is 16.0. The van der Waals surface area contributed by atoms with Gasteiger partial charge in [-0.15, -0.1) is 0 Å². The SMILES string of the molecule is CCOc1ccc(Cl)c(/C(O)=C2\C(=O)C(=O)N(c3ccc(CC)cc3)C2c2ccccc2)c1. The monoisotopic (exact) mass is 461 g/mol. The van der Waals surface area contributed by atoms with Crippen molar-refractivity contribution in [2.75, 3.05) is 11.5 Å². The van der Waals surface area contributed by atoms with Gasteiger partial charge in [-0.05, 0) is 54.8 Å². The van der Waals surface area contributed by atoms with Crippen LogP contribution in [0, 0.1) is 0 Å². The zero-order chi connectivity index (χ0) is 23.5. The lowest BCUT2D eigenvalue weighted by molar-refractivity contribution is -0.132. The summed E-state index contributed by atoms with van der Waals surface area (Å²) in [5.41, 5.74) is 2.63. The highest BCUT2D eigenvalue weighted by atomic mass is 35.5. The van der Waals surface area contributed by atoms with Gasteiger partial charge in [0.05, 0.1) is 23.2 Å².